The van der Waals surface area contributed by atoms with E-state index in [9.17, 15) is 10.0 Å². The van der Waals surface area contributed by atoms with Crippen LogP contribution in [0.5, 0.6) is 0 Å². The van der Waals surface area contributed by atoms with E-state index >= 15 is 0 Å². The summed E-state index contributed by atoms with van der Waals surface area (Å²) in [6.45, 7) is 0. The molecule has 5 heteroatoms. The average Bonchev–Trinajstić information content (AvgIpc) is 3.45. The van der Waals surface area contributed by atoms with Gasteiger partial charge in [-0.1, -0.05) is 72.8 Å². The first kappa shape index (κ1) is 20.5. The summed E-state index contributed by atoms with van der Waals surface area (Å²) in [6.07, 6.45) is 0. The van der Waals surface area contributed by atoms with Crippen LogP contribution in [0.25, 0.3) is 64.4 Å². The van der Waals surface area contributed by atoms with Crippen molar-refractivity contribution >= 4 is 66.0 Å². The fourth-order valence-electron chi connectivity index (χ4n) is 5.00. The van der Waals surface area contributed by atoms with Gasteiger partial charge in [-0.3, -0.25) is 0 Å². The molecule has 3 nitrogen and oxygen atoms in total. The lowest BCUT2D eigenvalue weighted by atomic mass is 9.77. The van der Waals surface area contributed by atoms with Gasteiger partial charge in [0, 0.05) is 30.9 Å². The van der Waals surface area contributed by atoms with E-state index in [1.54, 1.807) is 17.4 Å². The van der Waals surface area contributed by atoms with Crippen molar-refractivity contribution in [2.75, 3.05) is 0 Å². The van der Waals surface area contributed by atoms with E-state index in [0.717, 1.165) is 44.2 Å². The highest BCUT2D eigenvalue weighted by atomic mass is 32.1. The molecule has 0 amide bonds. The molecule has 166 valence electrons. The third-order valence-corrected chi connectivity index (χ3v) is 7.85. The predicted molar refractivity (Wildman–Crippen MR) is 147 cm³/mol. The maximum atomic E-state index is 9.88. The molecule has 0 spiro atoms. The summed E-state index contributed by atoms with van der Waals surface area (Å²) in [6, 6.07) is 34.9. The fourth-order valence-corrected chi connectivity index (χ4v) is 6.15. The van der Waals surface area contributed by atoms with Crippen LogP contribution >= 0.6 is 11.3 Å². The van der Waals surface area contributed by atoms with E-state index < -0.39 is 7.12 Å². The highest BCUT2D eigenvalue weighted by Gasteiger charge is 2.17. The molecule has 0 radical (unpaired) electrons. The zero-order valence-electron chi connectivity index (χ0n) is 18.6. The molecule has 7 aromatic rings. The minimum atomic E-state index is -1.54. The number of furan rings is 1. The van der Waals surface area contributed by atoms with Gasteiger partial charge in [-0.15, -0.1) is 11.3 Å². The molecule has 2 aromatic heterocycles. The van der Waals surface area contributed by atoms with Crippen molar-refractivity contribution in [2.24, 2.45) is 0 Å². The minimum absolute atomic E-state index is 0.455. The van der Waals surface area contributed by atoms with Crippen LogP contribution in [0.3, 0.4) is 0 Å². The van der Waals surface area contributed by atoms with Crippen LogP contribution in [-0.2, 0) is 0 Å². The third-order valence-electron chi connectivity index (χ3n) is 6.72. The van der Waals surface area contributed by atoms with Crippen LogP contribution in [0, 0.1) is 0 Å². The standard InChI is InChI=1S/C30H19BO3S/c32-31(33)20-11-14-21(19-10-13-25-24-6-2-4-8-29(24)35-30(25)16-19)26(17-20)18-9-12-23-22-5-1-3-7-27(22)34-28(23)15-18/h1-17,32-33H. The Morgan fingerprint density at radius 2 is 1.23 bits per heavy atom. The summed E-state index contributed by atoms with van der Waals surface area (Å²) < 4.78 is 8.63. The Morgan fingerprint density at radius 3 is 2.09 bits per heavy atom. The second kappa shape index (κ2) is 7.82. The maximum Gasteiger partial charge on any atom is 0.488 e. The van der Waals surface area contributed by atoms with E-state index in [2.05, 4.69) is 60.7 Å². The maximum absolute atomic E-state index is 9.88. The van der Waals surface area contributed by atoms with Crippen LogP contribution in [0.1, 0.15) is 0 Å². The largest absolute Gasteiger partial charge is 0.488 e. The van der Waals surface area contributed by atoms with Gasteiger partial charge in [-0.2, -0.15) is 0 Å². The number of thiophene rings is 1. The van der Waals surface area contributed by atoms with Crippen molar-refractivity contribution in [3.05, 3.63) is 103 Å². The number of rotatable bonds is 3. The van der Waals surface area contributed by atoms with Gasteiger partial charge in [-0.25, -0.2) is 0 Å². The number of fused-ring (bicyclic) bond motifs is 6. The molecular weight excluding hydrogens is 451 g/mol. The van der Waals surface area contributed by atoms with Crippen LogP contribution in [0.4, 0.5) is 0 Å². The van der Waals surface area contributed by atoms with E-state index in [1.165, 1.54) is 20.2 Å². The fraction of sp³-hybridized carbons (Fsp3) is 0. The third kappa shape index (κ3) is 3.28. The zero-order chi connectivity index (χ0) is 23.5. The van der Waals surface area contributed by atoms with Crippen LogP contribution in [0.2, 0.25) is 0 Å². The summed E-state index contributed by atoms with van der Waals surface area (Å²) in [5.41, 5.74) is 6.13. The molecule has 0 saturated heterocycles. The summed E-state index contributed by atoms with van der Waals surface area (Å²) in [5.74, 6) is 0. The van der Waals surface area contributed by atoms with Crippen molar-refractivity contribution < 1.29 is 14.5 Å². The van der Waals surface area contributed by atoms with Gasteiger partial charge in [0.15, 0.2) is 0 Å². The van der Waals surface area contributed by atoms with Crippen molar-refractivity contribution in [1.29, 1.82) is 0 Å². The Hall–Kier alpha value is -3.90. The number of para-hydroxylation sites is 1. The van der Waals surface area contributed by atoms with E-state index in [1.807, 2.05) is 36.4 Å². The summed E-state index contributed by atoms with van der Waals surface area (Å²) in [7, 11) is -1.54. The number of benzene rings is 5. The molecule has 2 N–H and O–H groups in total. The molecule has 0 fully saturated rings. The van der Waals surface area contributed by atoms with E-state index in [0.29, 0.717) is 5.46 Å². The van der Waals surface area contributed by atoms with Gasteiger partial charge < -0.3 is 14.5 Å². The zero-order valence-corrected chi connectivity index (χ0v) is 19.4. The average molecular weight is 470 g/mol. The topological polar surface area (TPSA) is 53.6 Å². The van der Waals surface area contributed by atoms with Crippen molar-refractivity contribution in [1.82, 2.24) is 0 Å². The smallest absolute Gasteiger partial charge is 0.456 e. The molecule has 0 atom stereocenters. The van der Waals surface area contributed by atoms with Crippen LogP contribution < -0.4 is 5.46 Å². The monoisotopic (exact) mass is 470 g/mol. The van der Waals surface area contributed by atoms with Crippen molar-refractivity contribution in [3.8, 4) is 22.3 Å². The predicted octanol–water partition coefficient (Wildman–Crippen LogP) is 6.97. The molecule has 7 rings (SSSR count). The molecule has 2 heterocycles. The minimum Gasteiger partial charge on any atom is -0.456 e. The summed E-state index contributed by atoms with van der Waals surface area (Å²) in [5, 5.41) is 24.4. The second-order valence-electron chi connectivity index (χ2n) is 8.80. The number of hydrogen-bond acceptors (Lipinski definition) is 4. The molecule has 0 aliphatic heterocycles. The van der Waals surface area contributed by atoms with E-state index in [4.69, 9.17) is 4.42 Å². The van der Waals surface area contributed by atoms with E-state index in [-0.39, 0.29) is 0 Å². The Balaban J connectivity index is 1.44. The highest BCUT2D eigenvalue weighted by Crippen LogP contribution is 2.39. The highest BCUT2D eigenvalue weighted by molar-refractivity contribution is 7.25. The molecule has 5 aromatic carbocycles. The lowest BCUT2D eigenvalue weighted by Crippen LogP contribution is -2.29. The van der Waals surface area contributed by atoms with Gasteiger partial charge in [0.25, 0.3) is 0 Å². The normalized spacial score (nSPS) is 11.7. The van der Waals surface area contributed by atoms with Crippen LogP contribution in [-0.4, -0.2) is 17.2 Å². The Bertz CT molecular complexity index is 1900. The number of hydrogen-bond donors (Lipinski definition) is 2. The van der Waals surface area contributed by atoms with Gasteiger partial charge in [0.05, 0.1) is 0 Å². The Morgan fingerprint density at radius 1 is 0.543 bits per heavy atom. The molecular formula is C30H19BO3S. The molecule has 35 heavy (non-hydrogen) atoms. The van der Waals surface area contributed by atoms with Gasteiger partial charge >= 0.3 is 7.12 Å². The Kier molecular flexibility index (Phi) is 4.58. The quantitative estimate of drug-likeness (QED) is 0.274. The first-order valence-corrected chi connectivity index (χ1v) is 12.3. The van der Waals surface area contributed by atoms with Crippen molar-refractivity contribution in [2.45, 2.75) is 0 Å². The first-order chi connectivity index (χ1) is 17.2. The molecule has 0 unspecified atom stereocenters. The molecule has 0 aliphatic carbocycles. The lowest BCUT2D eigenvalue weighted by molar-refractivity contribution is 0.426. The second-order valence-corrected chi connectivity index (χ2v) is 9.88. The molecule has 0 aliphatic rings. The first-order valence-electron chi connectivity index (χ1n) is 11.5. The lowest BCUT2D eigenvalue weighted by Gasteiger charge is -2.13. The van der Waals surface area contributed by atoms with Gasteiger partial charge in [-0.05, 0) is 58.0 Å². The summed E-state index contributed by atoms with van der Waals surface area (Å²) >= 11 is 1.79. The SMILES string of the molecule is OB(O)c1ccc(-c2ccc3c(c2)sc2ccccc23)c(-c2ccc3c(c2)oc2ccccc23)c1. The molecule has 0 bridgehead atoms. The van der Waals surface area contributed by atoms with Gasteiger partial charge in [0.2, 0.25) is 0 Å². The molecule has 0 saturated carbocycles. The van der Waals surface area contributed by atoms with Crippen LogP contribution in [0.15, 0.2) is 108 Å². The summed E-state index contributed by atoms with van der Waals surface area (Å²) in [4.78, 5) is 0. The van der Waals surface area contributed by atoms with Crippen molar-refractivity contribution in [3.63, 3.8) is 0 Å². The van der Waals surface area contributed by atoms with Gasteiger partial charge in [0.1, 0.15) is 11.2 Å². The Labute approximate surface area is 205 Å².